The van der Waals surface area contributed by atoms with E-state index in [4.69, 9.17) is 0 Å². The fourth-order valence-electron chi connectivity index (χ4n) is 2.23. The van der Waals surface area contributed by atoms with E-state index >= 15 is 0 Å². The summed E-state index contributed by atoms with van der Waals surface area (Å²) in [6.45, 7) is 5.05. The summed E-state index contributed by atoms with van der Waals surface area (Å²) in [7, 11) is 0. The third kappa shape index (κ3) is 2.38. The van der Waals surface area contributed by atoms with Crippen molar-refractivity contribution in [3.8, 4) is 0 Å². The molecule has 1 amide bonds. The standard InChI is InChI=1S/C11H16BrN3OS/c1-3-8-10(17-14-13-8)11(16)15-5-4-7(2)9(15)6-12/h7,9H,3-6H2,1-2H3. The quantitative estimate of drug-likeness (QED) is 0.804. The molecule has 0 aliphatic carbocycles. The monoisotopic (exact) mass is 317 g/mol. The number of amides is 1. The van der Waals surface area contributed by atoms with Crippen molar-refractivity contribution in [1.82, 2.24) is 14.5 Å². The first-order valence-corrected chi connectivity index (χ1v) is 7.76. The van der Waals surface area contributed by atoms with Gasteiger partial charge in [0.1, 0.15) is 4.88 Å². The number of rotatable bonds is 3. The van der Waals surface area contributed by atoms with Crippen molar-refractivity contribution in [1.29, 1.82) is 0 Å². The highest BCUT2D eigenvalue weighted by Gasteiger charge is 2.35. The normalized spacial score (nSPS) is 24.3. The number of carbonyl (C=O) groups excluding carboxylic acids is 1. The van der Waals surface area contributed by atoms with Gasteiger partial charge in [0.2, 0.25) is 0 Å². The number of hydrogen-bond donors (Lipinski definition) is 0. The molecule has 1 fully saturated rings. The smallest absolute Gasteiger partial charge is 0.267 e. The molecule has 6 heteroatoms. The molecule has 1 aromatic heterocycles. The van der Waals surface area contributed by atoms with Crippen LogP contribution in [0.15, 0.2) is 0 Å². The van der Waals surface area contributed by atoms with E-state index in [2.05, 4.69) is 32.4 Å². The van der Waals surface area contributed by atoms with E-state index in [0.29, 0.717) is 16.8 Å². The average molecular weight is 318 g/mol. The van der Waals surface area contributed by atoms with Crippen molar-refractivity contribution in [3.63, 3.8) is 0 Å². The Balaban J connectivity index is 2.20. The lowest BCUT2D eigenvalue weighted by Gasteiger charge is -2.24. The van der Waals surface area contributed by atoms with Crippen molar-refractivity contribution < 1.29 is 4.79 Å². The molecule has 2 heterocycles. The van der Waals surface area contributed by atoms with Crippen LogP contribution in [0, 0.1) is 5.92 Å². The summed E-state index contributed by atoms with van der Waals surface area (Å²) >= 11 is 4.72. The maximum Gasteiger partial charge on any atom is 0.267 e. The van der Waals surface area contributed by atoms with Crippen LogP contribution in [0.5, 0.6) is 0 Å². The van der Waals surface area contributed by atoms with E-state index in [-0.39, 0.29) is 5.91 Å². The molecule has 1 aliphatic rings. The maximum atomic E-state index is 12.4. The van der Waals surface area contributed by atoms with Gasteiger partial charge >= 0.3 is 0 Å². The van der Waals surface area contributed by atoms with Crippen LogP contribution in [0.1, 0.15) is 35.6 Å². The van der Waals surface area contributed by atoms with Gasteiger partial charge in [-0.1, -0.05) is 34.3 Å². The Hall–Kier alpha value is -0.490. The molecule has 0 radical (unpaired) electrons. The van der Waals surface area contributed by atoms with Gasteiger partial charge in [-0.3, -0.25) is 4.79 Å². The van der Waals surface area contributed by atoms with Gasteiger partial charge in [-0.25, -0.2) is 0 Å². The van der Waals surface area contributed by atoms with Crippen LogP contribution in [0.3, 0.4) is 0 Å². The minimum atomic E-state index is 0.102. The number of aryl methyl sites for hydroxylation is 1. The van der Waals surface area contributed by atoms with E-state index < -0.39 is 0 Å². The zero-order valence-electron chi connectivity index (χ0n) is 10.0. The minimum Gasteiger partial charge on any atom is -0.334 e. The van der Waals surface area contributed by atoms with Crippen LogP contribution in [-0.2, 0) is 6.42 Å². The molecule has 0 saturated carbocycles. The molecule has 0 N–H and O–H groups in total. The van der Waals surface area contributed by atoms with Crippen LogP contribution >= 0.6 is 27.5 Å². The lowest BCUT2D eigenvalue weighted by atomic mass is 10.1. The van der Waals surface area contributed by atoms with Crippen molar-refractivity contribution >= 4 is 33.4 Å². The Bertz CT molecular complexity index is 409. The zero-order chi connectivity index (χ0) is 12.4. The zero-order valence-corrected chi connectivity index (χ0v) is 12.4. The van der Waals surface area contributed by atoms with E-state index in [9.17, 15) is 4.79 Å². The second kappa shape index (κ2) is 5.44. The predicted octanol–water partition coefficient (Wildman–Crippen LogP) is 2.35. The Morgan fingerprint density at radius 1 is 1.65 bits per heavy atom. The Morgan fingerprint density at radius 2 is 2.41 bits per heavy atom. The molecule has 17 heavy (non-hydrogen) atoms. The van der Waals surface area contributed by atoms with Crippen LogP contribution in [0.2, 0.25) is 0 Å². The third-order valence-electron chi connectivity index (χ3n) is 3.39. The molecule has 1 saturated heterocycles. The van der Waals surface area contributed by atoms with Gasteiger partial charge in [0.05, 0.1) is 5.69 Å². The minimum absolute atomic E-state index is 0.102. The first-order valence-electron chi connectivity index (χ1n) is 5.87. The summed E-state index contributed by atoms with van der Waals surface area (Å²) in [6, 6.07) is 0.300. The number of likely N-dealkylation sites (tertiary alicyclic amines) is 1. The summed E-state index contributed by atoms with van der Waals surface area (Å²) in [5.41, 5.74) is 0.827. The highest BCUT2D eigenvalue weighted by atomic mass is 79.9. The lowest BCUT2D eigenvalue weighted by Crippen LogP contribution is -2.38. The van der Waals surface area contributed by atoms with Crippen LogP contribution in [0.25, 0.3) is 0 Å². The van der Waals surface area contributed by atoms with Crippen LogP contribution in [-0.4, -0.2) is 38.3 Å². The summed E-state index contributed by atoms with van der Waals surface area (Å²) in [6.07, 6.45) is 1.84. The van der Waals surface area contributed by atoms with Crippen molar-refractivity contribution in [2.24, 2.45) is 5.92 Å². The second-order valence-electron chi connectivity index (χ2n) is 4.39. The molecule has 1 aliphatic heterocycles. The van der Waals surface area contributed by atoms with Gasteiger partial charge in [0.15, 0.2) is 0 Å². The van der Waals surface area contributed by atoms with Crippen molar-refractivity contribution in [2.75, 3.05) is 11.9 Å². The van der Waals surface area contributed by atoms with Crippen LogP contribution < -0.4 is 0 Å². The Kier molecular flexibility index (Phi) is 4.14. The SMILES string of the molecule is CCc1nnsc1C(=O)N1CCC(C)C1CBr. The molecule has 94 valence electrons. The number of nitrogens with zero attached hydrogens (tertiary/aromatic N) is 3. The summed E-state index contributed by atoms with van der Waals surface area (Å²) in [4.78, 5) is 15.1. The third-order valence-corrected chi connectivity index (χ3v) is 4.81. The number of alkyl halides is 1. The first kappa shape index (κ1) is 13.0. The highest BCUT2D eigenvalue weighted by molar-refractivity contribution is 9.09. The molecule has 2 atom stereocenters. The van der Waals surface area contributed by atoms with Gasteiger partial charge in [-0.15, -0.1) is 5.10 Å². The Morgan fingerprint density at radius 3 is 3.06 bits per heavy atom. The van der Waals surface area contributed by atoms with Crippen molar-refractivity contribution in [2.45, 2.75) is 32.7 Å². The summed E-state index contributed by atoms with van der Waals surface area (Å²) < 4.78 is 3.89. The Labute approximate surface area is 114 Å². The summed E-state index contributed by atoms with van der Waals surface area (Å²) in [5.74, 6) is 0.662. The van der Waals surface area contributed by atoms with Gasteiger partial charge in [0.25, 0.3) is 5.91 Å². The lowest BCUT2D eigenvalue weighted by molar-refractivity contribution is 0.0742. The molecule has 0 spiro atoms. The van der Waals surface area contributed by atoms with Crippen LogP contribution in [0.4, 0.5) is 0 Å². The van der Waals surface area contributed by atoms with E-state index in [1.807, 2.05) is 11.8 Å². The molecule has 0 aromatic carbocycles. The largest absolute Gasteiger partial charge is 0.334 e. The topological polar surface area (TPSA) is 46.1 Å². The van der Waals surface area contributed by atoms with Gasteiger partial charge in [-0.2, -0.15) is 0 Å². The van der Waals surface area contributed by atoms with E-state index in [0.717, 1.165) is 30.4 Å². The number of hydrogen-bond acceptors (Lipinski definition) is 4. The highest BCUT2D eigenvalue weighted by Crippen LogP contribution is 2.28. The average Bonchev–Trinajstić information content (AvgIpc) is 2.93. The maximum absolute atomic E-state index is 12.4. The number of aromatic nitrogens is 2. The molecular weight excluding hydrogens is 302 g/mol. The molecule has 2 unspecified atom stereocenters. The van der Waals surface area contributed by atoms with E-state index in [1.165, 1.54) is 11.5 Å². The van der Waals surface area contributed by atoms with Gasteiger partial charge in [0, 0.05) is 17.9 Å². The fourth-order valence-corrected chi connectivity index (χ4v) is 3.92. The molecule has 0 bridgehead atoms. The first-order chi connectivity index (χ1) is 8.19. The molecule has 1 aromatic rings. The van der Waals surface area contributed by atoms with Crippen molar-refractivity contribution in [3.05, 3.63) is 10.6 Å². The molecular formula is C11H16BrN3OS. The van der Waals surface area contributed by atoms with Gasteiger partial charge in [-0.05, 0) is 30.3 Å². The number of carbonyl (C=O) groups is 1. The second-order valence-corrected chi connectivity index (χ2v) is 5.79. The predicted molar refractivity (Wildman–Crippen MR) is 71.7 cm³/mol. The molecule has 2 rings (SSSR count). The molecule has 4 nitrogen and oxygen atoms in total. The van der Waals surface area contributed by atoms with E-state index in [1.54, 1.807) is 0 Å². The number of halogens is 1. The fraction of sp³-hybridized carbons (Fsp3) is 0.727. The summed E-state index contributed by atoms with van der Waals surface area (Å²) in [5, 5.41) is 4.85. The van der Waals surface area contributed by atoms with Gasteiger partial charge < -0.3 is 4.90 Å².